The standard InChI is InChI=1S/C56H46N4O2/c1-3-7-39(8-4-1)41-11-15-43(16-12-41)51-37-53(45-19-23-47(24-20-45)59-29-33-61-34-30-59)57-55-49(51)27-28-50-52(44-17-13-42(14-18-44)40-9-5-2-6-10-40)38-54(58-56(50)55)46-21-25-48(26-22-46)60-31-35-62-36-32-60/h1-28,37-38H,29-36H2. The molecule has 2 fully saturated rings. The van der Waals surface area contributed by atoms with E-state index in [-0.39, 0.29) is 0 Å². The van der Waals surface area contributed by atoms with Gasteiger partial charge in [0, 0.05) is 59.5 Å². The predicted molar refractivity (Wildman–Crippen MR) is 256 cm³/mol. The van der Waals surface area contributed by atoms with Crippen molar-refractivity contribution in [3.63, 3.8) is 0 Å². The minimum Gasteiger partial charge on any atom is -0.378 e. The van der Waals surface area contributed by atoms with Crippen LogP contribution in [0.5, 0.6) is 0 Å². The topological polar surface area (TPSA) is 50.7 Å². The van der Waals surface area contributed by atoms with E-state index in [1.54, 1.807) is 0 Å². The highest BCUT2D eigenvalue weighted by atomic mass is 16.5. The van der Waals surface area contributed by atoms with Crippen molar-refractivity contribution in [3.05, 3.63) is 182 Å². The summed E-state index contributed by atoms with van der Waals surface area (Å²) >= 11 is 0. The summed E-state index contributed by atoms with van der Waals surface area (Å²) in [5.74, 6) is 0. The van der Waals surface area contributed by atoms with Gasteiger partial charge in [-0.15, -0.1) is 0 Å². The molecule has 62 heavy (non-hydrogen) atoms. The first-order chi connectivity index (χ1) is 30.7. The number of hydrogen-bond acceptors (Lipinski definition) is 6. The maximum absolute atomic E-state index is 5.64. The van der Waals surface area contributed by atoms with Gasteiger partial charge in [-0.2, -0.15) is 0 Å². The summed E-state index contributed by atoms with van der Waals surface area (Å²) in [6, 6.07) is 65.7. The smallest absolute Gasteiger partial charge is 0.0978 e. The van der Waals surface area contributed by atoms with E-state index in [0.29, 0.717) is 0 Å². The molecular weight excluding hydrogens is 761 g/mol. The van der Waals surface area contributed by atoms with Crippen LogP contribution in [0.15, 0.2) is 182 Å². The van der Waals surface area contributed by atoms with Crippen LogP contribution in [0.3, 0.4) is 0 Å². The summed E-state index contributed by atoms with van der Waals surface area (Å²) in [6.45, 7) is 6.57. The number of anilines is 2. The van der Waals surface area contributed by atoms with E-state index >= 15 is 0 Å². The second kappa shape index (κ2) is 16.7. The second-order valence-electron chi connectivity index (χ2n) is 16.1. The molecule has 0 radical (unpaired) electrons. The van der Waals surface area contributed by atoms with Crippen LogP contribution in [0.25, 0.3) is 88.8 Å². The number of benzene rings is 7. The van der Waals surface area contributed by atoms with Crippen molar-refractivity contribution in [3.8, 4) is 67.0 Å². The van der Waals surface area contributed by atoms with Crippen LogP contribution in [0, 0.1) is 0 Å². The molecule has 0 bridgehead atoms. The Balaban J connectivity index is 1.10. The molecule has 0 amide bonds. The molecule has 2 aromatic heterocycles. The van der Waals surface area contributed by atoms with Gasteiger partial charge in [0.25, 0.3) is 0 Å². The van der Waals surface area contributed by atoms with Crippen LogP contribution < -0.4 is 9.80 Å². The number of aromatic nitrogens is 2. The van der Waals surface area contributed by atoms with Gasteiger partial charge >= 0.3 is 0 Å². The highest BCUT2D eigenvalue weighted by Crippen LogP contribution is 2.41. The molecule has 0 atom stereocenters. The summed E-state index contributed by atoms with van der Waals surface area (Å²) in [7, 11) is 0. The van der Waals surface area contributed by atoms with Crippen LogP contribution in [0.4, 0.5) is 11.4 Å². The van der Waals surface area contributed by atoms with Gasteiger partial charge in [-0.3, -0.25) is 0 Å². The Hall–Kier alpha value is -7.12. The van der Waals surface area contributed by atoms with Gasteiger partial charge in [-0.25, -0.2) is 9.97 Å². The number of hydrogen-bond donors (Lipinski definition) is 0. The lowest BCUT2D eigenvalue weighted by molar-refractivity contribution is 0.122. The van der Waals surface area contributed by atoms with E-state index in [4.69, 9.17) is 19.4 Å². The zero-order chi connectivity index (χ0) is 41.2. The summed E-state index contributed by atoms with van der Waals surface area (Å²) in [6.07, 6.45) is 0. The first-order valence-corrected chi connectivity index (χ1v) is 21.7. The zero-order valence-electron chi connectivity index (χ0n) is 34.6. The van der Waals surface area contributed by atoms with Crippen LogP contribution in [0.1, 0.15) is 0 Å². The van der Waals surface area contributed by atoms with E-state index in [1.165, 1.54) is 33.6 Å². The number of rotatable bonds is 8. The first-order valence-electron chi connectivity index (χ1n) is 21.7. The Labute approximate surface area is 362 Å². The molecule has 0 spiro atoms. The van der Waals surface area contributed by atoms with Crippen molar-refractivity contribution in [2.75, 3.05) is 62.4 Å². The molecule has 7 aromatic carbocycles. The monoisotopic (exact) mass is 806 g/mol. The molecule has 2 aliphatic rings. The van der Waals surface area contributed by atoms with Crippen LogP contribution >= 0.6 is 0 Å². The summed E-state index contributed by atoms with van der Waals surface area (Å²) < 4.78 is 11.3. The molecule has 6 nitrogen and oxygen atoms in total. The Bertz CT molecular complexity index is 2770. The maximum atomic E-state index is 5.64. The van der Waals surface area contributed by atoms with Gasteiger partial charge in [0.15, 0.2) is 0 Å². The average Bonchev–Trinajstić information content (AvgIpc) is 3.37. The van der Waals surface area contributed by atoms with Crippen molar-refractivity contribution in [2.45, 2.75) is 0 Å². The highest BCUT2D eigenvalue weighted by Gasteiger charge is 2.19. The van der Waals surface area contributed by atoms with Gasteiger partial charge in [0.2, 0.25) is 0 Å². The molecule has 302 valence electrons. The minimum atomic E-state index is 0.750. The second-order valence-corrected chi connectivity index (χ2v) is 16.1. The summed E-state index contributed by atoms with van der Waals surface area (Å²) in [5.41, 5.74) is 17.4. The molecule has 0 aliphatic carbocycles. The highest BCUT2D eigenvalue weighted by molar-refractivity contribution is 6.13. The molecule has 0 saturated carbocycles. The molecule has 9 aromatic rings. The molecule has 2 saturated heterocycles. The van der Waals surface area contributed by atoms with Gasteiger partial charge in [0.05, 0.1) is 48.8 Å². The van der Waals surface area contributed by atoms with E-state index in [2.05, 4.69) is 192 Å². The number of ether oxygens (including phenoxy) is 2. The number of fused-ring (bicyclic) bond motifs is 3. The van der Waals surface area contributed by atoms with Crippen LogP contribution in [-0.4, -0.2) is 62.6 Å². The third-order valence-electron chi connectivity index (χ3n) is 12.4. The van der Waals surface area contributed by atoms with Crippen molar-refractivity contribution < 1.29 is 9.47 Å². The van der Waals surface area contributed by atoms with Crippen molar-refractivity contribution in [2.24, 2.45) is 0 Å². The minimum absolute atomic E-state index is 0.750. The molecular formula is C56H46N4O2. The predicted octanol–water partition coefficient (Wildman–Crippen LogP) is 12.5. The third-order valence-corrected chi connectivity index (χ3v) is 12.4. The summed E-state index contributed by atoms with van der Waals surface area (Å²) in [5, 5.41) is 2.13. The van der Waals surface area contributed by atoms with E-state index in [1.807, 2.05) is 0 Å². The van der Waals surface area contributed by atoms with Crippen molar-refractivity contribution in [1.82, 2.24) is 9.97 Å². The van der Waals surface area contributed by atoms with E-state index < -0.39 is 0 Å². The Morgan fingerprint density at radius 1 is 0.323 bits per heavy atom. The molecule has 0 N–H and O–H groups in total. The molecule has 4 heterocycles. The quantitative estimate of drug-likeness (QED) is 0.143. The number of nitrogens with zero attached hydrogens (tertiary/aromatic N) is 4. The lowest BCUT2D eigenvalue weighted by atomic mass is 9.92. The van der Waals surface area contributed by atoms with Gasteiger partial charge < -0.3 is 19.3 Å². The lowest BCUT2D eigenvalue weighted by Gasteiger charge is -2.29. The largest absolute Gasteiger partial charge is 0.378 e. The normalized spacial score (nSPS) is 14.4. The maximum Gasteiger partial charge on any atom is 0.0978 e. The Morgan fingerprint density at radius 3 is 1.02 bits per heavy atom. The molecule has 0 unspecified atom stereocenters. The van der Waals surface area contributed by atoms with Gasteiger partial charge in [-0.05, 0) is 80.9 Å². The van der Waals surface area contributed by atoms with Crippen molar-refractivity contribution >= 4 is 33.2 Å². The fourth-order valence-corrected chi connectivity index (χ4v) is 9.02. The first kappa shape index (κ1) is 37.8. The zero-order valence-corrected chi connectivity index (χ0v) is 34.6. The van der Waals surface area contributed by atoms with E-state index in [9.17, 15) is 0 Å². The summed E-state index contributed by atoms with van der Waals surface area (Å²) in [4.78, 5) is 15.9. The Morgan fingerprint density at radius 2 is 0.645 bits per heavy atom. The lowest BCUT2D eigenvalue weighted by Crippen LogP contribution is -2.36. The fourth-order valence-electron chi connectivity index (χ4n) is 9.02. The van der Waals surface area contributed by atoms with E-state index in [0.717, 1.165) is 119 Å². The molecule has 6 heteroatoms. The van der Waals surface area contributed by atoms with Gasteiger partial charge in [0.1, 0.15) is 0 Å². The fraction of sp³-hybridized carbons (Fsp3) is 0.143. The van der Waals surface area contributed by atoms with Crippen molar-refractivity contribution in [1.29, 1.82) is 0 Å². The molecule has 2 aliphatic heterocycles. The average molecular weight is 807 g/mol. The molecule has 11 rings (SSSR count). The van der Waals surface area contributed by atoms with Crippen LogP contribution in [0.2, 0.25) is 0 Å². The third kappa shape index (κ3) is 7.49. The van der Waals surface area contributed by atoms with Crippen LogP contribution in [-0.2, 0) is 9.47 Å². The number of pyridine rings is 2. The van der Waals surface area contributed by atoms with Gasteiger partial charge in [-0.1, -0.05) is 146 Å². The SMILES string of the molecule is c1ccc(-c2ccc(-c3cc(-c4ccc(N5CCOCC5)cc4)nc4c3ccc3c(-c5ccc(-c6ccccc6)cc5)cc(-c5ccc(N6CCOCC6)cc5)nc34)cc2)cc1. The number of morpholine rings is 2. The Kier molecular flexibility index (Phi) is 10.2.